The summed E-state index contributed by atoms with van der Waals surface area (Å²) in [6.07, 6.45) is 3.71. The Kier molecular flexibility index (Phi) is 2.39. The highest BCUT2D eigenvalue weighted by Gasteiger charge is 2.32. The van der Waals surface area contributed by atoms with Crippen molar-refractivity contribution in [1.82, 2.24) is 9.97 Å². The van der Waals surface area contributed by atoms with Crippen molar-refractivity contribution in [3.8, 4) is 0 Å². The van der Waals surface area contributed by atoms with Gasteiger partial charge >= 0.3 is 0 Å². The van der Waals surface area contributed by atoms with E-state index in [2.05, 4.69) is 53.0 Å². The molecule has 0 saturated heterocycles. The van der Waals surface area contributed by atoms with Gasteiger partial charge < -0.3 is 9.88 Å². The van der Waals surface area contributed by atoms with E-state index in [0.29, 0.717) is 12.0 Å². The van der Waals surface area contributed by atoms with Gasteiger partial charge in [0.15, 0.2) is 0 Å². The summed E-state index contributed by atoms with van der Waals surface area (Å²) in [5.41, 5.74) is 3.91. The zero-order valence-corrected chi connectivity index (χ0v) is 10.2. The van der Waals surface area contributed by atoms with E-state index in [4.69, 9.17) is 0 Å². The predicted molar refractivity (Wildman–Crippen MR) is 69.1 cm³/mol. The van der Waals surface area contributed by atoms with E-state index in [0.717, 1.165) is 12.2 Å². The molecule has 1 aliphatic rings. The van der Waals surface area contributed by atoms with Crippen LogP contribution in [0.3, 0.4) is 0 Å². The molecule has 3 nitrogen and oxygen atoms in total. The Morgan fingerprint density at radius 1 is 1.29 bits per heavy atom. The number of rotatable bonds is 2. The molecule has 0 spiro atoms. The molecule has 0 amide bonds. The van der Waals surface area contributed by atoms with Gasteiger partial charge in [-0.2, -0.15) is 0 Å². The Morgan fingerprint density at radius 2 is 2.12 bits per heavy atom. The molecule has 1 aliphatic heterocycles. The second kappa shape index (κ2) is 3.91. The zero-order chi connectivity index (χ0) is 11.8. The first-order valence-electron chi connectivity index (χ1n) is 6.10. The average molecular weight is 227 g/mol. The first-order valence-corrected chi connectivity index (χ1v) is 6.10. The number of anilines is 1. The van der Waals surface area contributed by atoms with Gasteiger partial charge in [0.2, 0.25) is 0 Å². The first-order chi connectivity index (χ1) is 8.27. The standard InChI is InChI=1S/C14H17N3/c1-10-11(2)17(8-12-7-15-9-16-12)14-6-4-3-5-13(10)14/h3-7,9-11H,8H2,1-2H3,(H,15,16). The number of imidazole rings is 1. The van der Waals surface area contributed by atoms with Crippen LogP contribution in [-0.2, 0) is 6.54 Å². The highest BCUT2D eigenvalue weighted by atomic mass is 15.2. The fraction of sp³-hybridized carbons (Fsp3) is 0.357. The topological polar surface area (TPSA) is 31.9 Å². The molecule has 88 valence electrons. The highest BCUT2D eigenvalue weighted by Crippen LogP contribution is 2.40. The monoisotopic (exact) mass is 227 g/mol. The van der Waals surface area contributed by atoms with Crippen molar-refractivity contribution < 1.29 is 0 Å². The summed E-state index contributed by atoms with van der Waals surface area (Å²) in [5, 5.41) is 0. The Bertz CT molecular complexity index is 504. The fourth-order valence-corrected chi connectivity index (χ4v) is 2.66. The van der Waals surface area contributed by atoms with Crippen LogP contribution in [0.25, 0.3) is 0 Å². The first kappa shape index (κ1) is 10.4. The summed E-state index contributed by atoms with van der Waals surface area (Å²) in [4.78, 5) is 9.77. The number of hydrogen-bond acceptors (Lipinski definition) is 2. The number of H-pyrrole nitrogens is 1. The molecule has 0 radical (unpaired) electrons. The molecule has 2 aromatic rings. The minimum atomic E-state index is 0.532. The minimum absolute atomic E-state index is 0.532. The van der Waals surface area contributed by atoms with Crippen molar-refractivity contribution in [3.63, 3.8) is 0 Å². The zero-order valence-electron chi connectivity index (χ0n) is 10.2. The Balaban J connectivity index is 1.95. The van der Waals surface area contributed by atoms with Gasteiger partial charge in [-0.05, 0) is 18.6 Å². The second-order valence-corrected chi connectivity index (χ2v) is 4.78. The van der Waals surface area contributed by atoms with Crippen molar-refractivity contribution in [2.24, 2.45) is 0 Å². The van der Waals surface area contributed by atoms with Gasteiger partial charge in [0.25, 0.3) is 0 Å². The number of para-hydroxylation sites is 1. The molecule has 0 saturated carbocycles. The van der Waals surface area contributed by atoms with Gasteiger partial charge in [0.1, 0.15) is 0 Å². The van der Waals surface area contributed by atoms with Crippen molar-refractivity contribution in [1.29, 1.82) is 0 Å². The lowest BCUT2D eigenvalue weighted by Gasteiger charge is -2.25. The number of aromatic amines is 1. The maximum atomic E-state index is 4.31. The van der Waals surface area contributed by atoms with E-state index in [1.165, 1.54) is 11.3 Å². The van der Waals surface area contributed by atoms with Crippen LogP contribution in [0.4, 0.5) is 5.69 Å². The van der Waals surface area contributed by atoms with E-state index >= 15 is 0 Å². The Hall–Kier alpha value is -1.77. The molecule has 1 N–H and O–H groups in total. The van der Waals surface area contributed by atoms with Gasteiger partial charge in [0, 0.05) is 23.8 Å². The van der Waals surface area contributed by atoms with Crippen LogP contribution in [0.15, 0.2) is 36.8 Å². The molecule has 2 atom stereocenters. The summed E-state index contributed by atoms with van der Waals surface area (Å²) in [6, 6.07) is 9.22. The second-order valence-electron chi connectivity index (χ2n) is 4.78. The van der Waals surface area contributed by atoms with E-state index < -0.39 is 0 Å². The smallest absolute Gasteiger partial charge is 0.0923 e. The molecular weight excluding hydrogens is 210 g/mol. The number of nitrogens with one attached hydrogen (secondary N) is 1. The predicted octanol–water partition coefficient (Wildman–Crippen LogP) is 2.92. The third-order valence-electron chi connectivity index (χ3n) is 3.84. The number of fused-ring (bicyclic) bond motifs is 1. The van der Waals surface area contributed by atoms with Gasteiger partial charge in [-0.25, -0.2) is 4.98 Å². The molecule has 3 rings (SSSR count). The number of benzene rings is 1. The van der Waals surface area contributed by atoms with Crippen LogP contribution in [0.1, 0.15) is 31.0 Å². The maximum absolute atomic E-state index is 4.31. The Morgan fingerprint density at radius 3 is 2.88 bits per heavy atom. The normalized spacial score (nSPS) is 22.8. The molecule has 1 aromatic carbocycles. The number of nitrogens with zero attached hydrogens (tertiary/aromatic N) is 2. The van der Waals surface area contributed by atoms with Crippen LogP contribution in [0.5, 0.6) is 0 Å². The molecular formula is C14H17N3. The van der Waals surface area contributed by atoms with Gasteiger partial charge in [-0.1, -0.05) is 25.1 Å². The van der Waals surface area contributed by atoms with Crippen molar-refractivity contribution in [3.05, 3.63) is 48.0 Å². The van der Waals surface area contributed by atoms with Crippen molar-refractivity contribution in [2.75, 3.05) is 4.90 Å². The van der Waals surface area contributed by atoms with E-state index in [-0.39, 0.29) is 0 Å². The molecule has 1 aromatic heterocycles. The van der Waals surface area contributed by atoms with Crippen LogP contribution in [0, 0.1) is 0 Å². The summed E-state index contributed by atoms with van der Waals surface area (Å²) >= 11 is 0. The van der Waals surface area contributed by atoms with Crippen molar-refractivity contribution >= 4 is 5.69 Å². The van der Waals surface area contributed by atoms with Crippen LogP contribution < -0.4 is 4.90 Å². The summed E-state index contributed by atoms with van der Waals surface area (Å²) < 4.78 is 0. The van der Waals surface area contributed by atoms with E-state index in [1.807, 2.05) is 6.20 Å². The van der Waals surface area contributed by atoms with Gasteiger partial charge in [-0.3, -0.25) is 0 Å². The lowest BCUT2D eigenvalue weighted by Crippen LogP contribution is -2.30. The Labute approximate surface area is 101 Å². The maximum Gasteiger partial charge on any atom is 0.0923 e. The summed E-state index contributed by atoms with van der Waals surface area (Å²) in [6.45, 7) is 5.47. The average Bonchev–Trinajstić information content (AvgIpc) is 2.94. The molecule has 2 heterocycles. The largest absolute Gasteiger partial charge is 0.362 e. The quantitative estimate of drug-likeness (QED) is 0.855. The van der Waals surface area contributed by atoms with Crippen LogP contribution >= 0.6 is 0 Å². The molecule has 3 heteroatoms. The van der Waals surface area contributed by atoms with Crippen molar-refractivity contribution in [2.45, 2.75) is 32.4 Å². The fourth-order valence-electron chi connectivity index (χ4n) is 2.66. The molecule has 0 aliphatic carbocycles. The van der Waals surface area contributed by atoms with Gasteiger partial charge in [0.05, 0.1) is 18.6 Å². The molecule has 0 bridgehead atoms. The number of aromatic nitrogens is 2. The van der Waals surface area contributed by atoms with Gasteiger partial charge in [-0.15, -0.1) is 0 Å². The molecule has 2 unspecified atom stereocenters. The lowest BCUT2D eigenvalue weighted by molar-refractivity contribution is 0.588. The van der Waals surface area contributed by atoms with Crippen LogP contribution in [-0.4, -0.2) is 16.0 Å². The third kappa shape index (κ3) is 1.62. The molecule has 0 fully saturated rings. The number of hydrogen-bond donors (Lipinski definition) is 1. The van der Waals surface area contributed by atoms with Crippen LogP contribution in [0.2, 0.25) is 0 Å². The van der Waals surface area contributed by atoms with E-state index in [1.54, 1.807) is 6.33 Å². The molecule has 17 heavy (non-hydrogen) atoms. The summed E-state index contributed by atoms with van der Waals surface area (Å²) in [5.74, 6) is 0.588. The third-order valence-corrected chi connectivity index (χ3v) is 3.84. The summed E-state index contributed by atoms with van der Waals surface area (Å²) in [7, 11) is 0. The minimum Gasteiger partial charge on any atom is -0.362 e. The highest BCUT2D eigenvalue weighted by molar-refractivity contribution is 5.61. The lowest BCUT2D eigenvalue weighted by atomic mass is 9.98. The SMILES string of the molecule is CC1c2ccccc2N(Cc2c[nH]cn2)C1C. The van der Waals surface area contributed by atoms with E-state index in [9.17, 15) is 0 Å².